The van der Waals surface area contributed by atoms with Crippen molar-refractivity contribution >= 4 is 110 Å². The van der Waals surface area contributed by atoms with Gasteiger partial charge in [-0.05, 0) is 0 Å². The predicted molar refractivity (Wildman–Crippen MR) is 314 cm³/mol. The Balaban J connectivity index is 0.000000147. The summed E-state index contributed by atoms with van der Waals surface area (Å²) in [6, 6.07) is 98.0. The molecular weight excluding hydrogens is 1050 g/mol. The fourth-order valence-corrected chi connectivity index (χ4v) is 29.1. The molecule has 0 aromatic heterocycles. The molecule has 336 valence electrons. The van der Waals surface area contributed by atoms with E-state index in [1.54, 1.807) is 0 Å². The maximum atomic E-state index is 4.35. The second-order valence-electron chi connectivity index (χ2n) is 16.5. The fraction of sp³-hybridized carbons (Fsp3) is 0.100. The molecule has 0 aliphatic heterocycles. The second-order valence-corrected chi connectivity index (χ2v) is 44.2. The van der Waals surface area contributed by atoms with E-state index < -0.39 is 15.9 Å². The first-order valence-corrected chi connectivity index (χ1v) is 36.1. The zero-order valence-corrected chi connectivity index (χ0v) is 45.5. The third kappa shape index (κ3) is 8.94. The molecule has 0 aliphatic rings. The molecule has 0 amide bonds. The van der Waals surface area contributed by atoms with Gasteiger partial charge in [-0.2, -0.15) is 0 Å². The van der Waals surface area contributed by atoms with E-state index >= 15 is 0 Å². The van der Waals surface area contributed by atoms with Crippen LogP contribution in [0.3, 0.4) is 0 Å². The van der Waals surface area contributed by atoms with Crippen molar-refractivity contribution < 1.29 is 0 Å². The summed E-state index contributed by atoms with van der Waals surface area (Å²) in [5, 5.41) is 4.68. The summed E-state index contributed by atoms with van der Waals surface area (Å²) >= 11 is 13.0. The van der Waals surface area contributed by atoms with Gasteiger partial charge in [-0.3, -0.25) is 0 Å². The molecule has 0 bridgehead atoms. The van der Waals surface area contributed by atoms with Gasteiger partial charge in [0.15, 0.2) is 0 Å². The van der Waals surface area contributed by atoms with Crippen molar-refractivity contribution in [2.24, 2.45) is 0 Å². The van der Waals surface area contributed by atoms with Crippen molar-refractivity contribution in [2.75, 3.05) is 18.5 Å². The SMILES string of the molecule is CCP(Br)(c1ccccc1)(c1ccccc1)c1ccccc1.CCP(Br)(c1ccccc1)(c1ccccc1)c1ccccc1.CCP(Br)(c1ccccc1)(c1ccccc1)c1ccccc1. The Morgan fingerprint density at radius 2 is 0.288 bits per heavy atom. The van der Waals surface area contributed by atoms with Crippen LogP contribution in [0.2, 0.25) is 0 Å². The Kier molecular flexibility index (Phi) is 16.0. The third-order valence-electron chi connectivity index (χ3n) is 13.4. The van der Waals surface area contributed by atoms with E-state index in [4.69, 9.17) is 0 Å². The fourth-order valence-electron chi connectivity index (χ4n) is 9.63. The van der Waals surface area contributed by atoms with E-state index in [2.05, 4.69) is 340 Å². The first-order valence-electron chi connectivity index (χ1n) is 22.8. The second kappa shape index (κ2) is 21.3. The Morgan fingerprint density at radius 1 is 0.197 bits per heavy atom. The van der Waals surface area contributed by atoms with Gasteiger partial charge in [-0.1, -0.05) is 0 Å². The topological polar surface area (TPSA) is 0 Å². The summed E-state index contributed by atoms with van der Waals surface area (Å²) in [4.78, 5) is 0. The number of hydrogen-bond acceptors (Lipinski definition) is 0. The van der Waals surface area contributed by atoms with Crippen LogP contribution in [0, 0.1) is 0 Å². The van der Waals surface area contributed by atoms with E-state index in [9.17, 15) is 0 Å². The molecule has 66 heavy (non-hydrogen) atoms. The van der Waals surface area contributed by atoms with Crippen LogP contribution in [0.15, 0.2) is 273 Å². The van der Waals surface area contributed by atoms with Gasteiger partial charge in [0.05, 0.1) is 0 Å². The molecule has 0 saturated carbocycles. The number of benzene rings is 9. The average Bonchev–Trinajstić information content (AvgIpc) is 3.43. The molecule has 0 heterocycles. The molecule has 0 saturated heterocycles. The average molecular weight is 1110 g/mol. The Labute approximate surface area is 419 Å². The number of hydrogen-bond donors (Lipinski definition) is 0. The standard InChI is InChI=1S/3C20H20BrP/c3*1-2-22(21,18-12-6-3-7-13-18,19-14-8-4-9-15-19)20-16-10-5-11-17-20/h3*3-17H,2H2,1H3. The van der Waals surface area contributed by atoms with Crippen molar-refractivity contribution in [3.05, 3.63) is 273 Å². The summed E-state index contributed by atoms with van der Waals surface area (Å²) in [7, 11) is 0. The summed E-state index contributed by atoms with van der Waals surface area (Å²) in [6.07, 6.45) is 3.14. The summed E-state index contributed by atoms with van der Waals surface area (Å²) in [5.41, 5.74) is 0. The van der Waals surface area contributed by atoms with Crippen molar-refractivity contribution in [1.29, 1.82) is 0 Å². The maximum absolute atomic E-state index is 4.35. The first-order chi connectivity index (χ1) is 32.1. The Morgan fingerprint density at radius 3 is 0.364 bits per heavy atom. The van der Waals surface area contributed by atoms with E-state index in [1.165, 1.54) is 47.7 Å². The van der Waals surface area contributed by atoms with Gasteiger partial charge in [0.1, 0.15) is 0 Å². The van der Waals surface area contributed by atoms with Gasteiger partial charge in [0, 0.05) is 0 Å². The van der Waals surface area contributed by atoms with Crippen LogP contribution in [0.4, 0.5) is 0 Å². The van der Waals surface area contributed by atoms with Gasteiger partial charge in [-0.25, -0.2) is 0 Å². The molecule has 0 atom stereocenters. The Hall–Kier alpha value is -4.29. The van der Waals surface area contributed by atoms with Gasteiger partial charge in [-0.15, -0.1) is 0 Å². The van der Waals surface area contributed by atoms with Crippen molar-refractivity contribution in [2.45, 2.75) is 20.8 Å². The van der Waals surface area contributed by atoms with Crippen LogP contribution in [0.1, 0.15) is 20.8 Å². The Bertz CT molecular complexity index is 2240. The molecule has 0 unspecified atom stereocenters. The summed E-state index contributed by atoms with van der Waals surface area (Å²) < 4.78 is 0. The molecule has 0 spiro atoms. The number of rotatable bonds is 12. The van der Waals surface area contributed by atoms with Crippen LogP contribution in [0.5, 0.6) is 0 Å². The minimum atomic E-state index is -2.59. The third-order valence-corrected chi connectivity index (χ3v) is 44.9. The van der Waals surface area contributed by atoms with E-state index in [-0.39, 0.29) is 0 Å². The summed E-state index contributed by atoms with van der Waals surface area (Å²) in [5.74, 6) is 0. The number of halogens is 3. The van der Waals surface area contributed by atoms with E-state index in [0.717, 1.165) is 18.5 Å². The molecule has 0 radical (unpaired) electrons. The van der Waals surface area contributed by atoms with Crippen LogP contribution < -0.4 is 47.7 Å². The van der Waals surface area contributed by atoms with E-state index in [1.807, 2.05) is 0 Å². The van der Waals surface area contributed by atoms with Crippen molar-refractivity contribution in [3.63, 3.8) is 0 Å². The molecule has 0 aliphatic carbocycles. The molecule has 0 nitrogen and oxygen atoms in total. The molecule has 0 fully saturated rings. The molecule has 9 aromatic rings. The van der Waals surface area contributed by atoms with Gasteiger partial charge < -0.3 is 0 Å². The van der Waals surface area contributed by atoms with E-state index in [0.29, 0.717) is 0 Å². The molecule has 6 heteroatoms. The zero-order valence-electron chi connectivity index (χ0n) is 38.1. The van der Waals surface area contributed by atoms with Crippen LogP contribution in [0.25, 0.3) is 0 Å². The van der Waals surface area contributed by atoms with Gasteiger partial charge in [0.2, 0.25) is 0 Å². The van der Waals surface area contributed by atoms with Crippen LogP contribution in [-0.4, -0.2) is 18.5 Å². The van der Waals surface area contributed by atoms with Gasteiger partial charge in [0.25, 0.3) is 0 Å². The van der Waals surface area contributed by atoms with Crippen molar-refractivity contribution in [3.8, 4) is 0 Å². The van der Waals surface area contributed by atoms with Crippen LogP contribution in [-0.2, 0) is 0 Å². The van der Waals surface area contributed by atoms with Gasteiger partial charge >= 0.3 is 422 Å². The normalized spacial score (nSPS) is 13.3. The molecular formula is C60H60Br3P3. The predicted octanol–water partition coefficient (Wildman–Crippen LogP) is 14.5. The minimum absolute atomic E-state index is 1.05. The summed E-state index contributed by atoms with van der Waals surface area (Å²) in [6.45, 7) is 6.87. The first kappa shape index (κ1) is 49.6. The quantitative estimate of drug-likeness (QED) is 0.107. The zero-order chi connectivity index (χ0) is 46.5. The molecule has 0 N–H and O–H groups in total. The van der Waals surface area contributed by atoms with Crippen molar-refractivity contribution in [1.82, 2.24) is 0 Å². The molecule has 9 aromatic carbocycles. The van der Waals surface area contributed by atoms with Crippen LogP contribution >= 0.6 is 62.4 Å². The monoisotopic (exact) mass is 1110 g/mol. The molecule has 9 rings (SSSR count).